The maximum absolute atomic E-state index is 12.7. The fourth-order valence-corrected chi connectivity index (χ4v) is 3.53. The van der Waals surface area contributed by atoms with Crippen LogP contribution >= 0.6 is 31.9 Å². The van der Waals surface area contributed by atoms with Crippen molar-refractivity contribution in [3.8, 4) is 0 Å². The van der Waals surface area contributed by atoms with Gasteiger partial charge >= 0.3 is 0 Å². The molecule has 0 radical (unpaired) electrons. The van der Waals surface area contributed by atoms with E-state index >= 15 is 0 Å². The van der Waals surface area contributed by atoms with Crippen LogP contribution in [0.3, 0.4) is 0 Å². The standard InChI is InChI=1S/C18H9Br2O2/c19-15-13(11-7-3-1-4-8-11)17(21)16(20)14(18(15)22)12-9-5-2-6-10-12/h1,3-10H/q+1. The van der Waals surface area contributed by atoms with Crippen molar-refractivity contribution in [2.24, 2.45) is 0 Å². The quantitative estimate of drug-likeness (QED) is 0.527. The zero-order chi connectivity index (χ0) is 15.7. The van der Waals surface area contributed by atoms with Crippen LogP contribution in [0.15, 0.2) is 74.7 Å². The molecule has 0 unspecified atom stereocenters. The number of rotatable bonds is 2. The van der Waals surface area contributed by atoms with E-state index in [1.165, 1.54) is 0 Å². The normalized spacial score (nSPS) is 17.8. The average Bonchev–Trinajstić information content (AvgIpc) is 2.55. The predicted molar refractivity (Wildman–Crippen MR) is 93.3 cm³/mol. The van der Waals surface area contributed by atoms with E-state index < -0.39 is 0 Å². The molecule has 0 aromatic heterocycles. The number of halogens is 2. The van der Waals surface area contributed by atoms with Crippen molar-refractivity contribution in [3.05, 3.63) is 86.4 Å². The van der Waals surface area contributed by atoms with E-state index in [9.17, 15) is 9.59 Å². The van der Waals surface area contributed by atoms with Crippen molar-refractivity contribution in [2.75, 3.05) is 0 Å². The molecule has 0 atom stereocenters. The monoisotopic (exact) mass is 415 g/mol. The van der Waals surface area contributed by atoms with Gasteiger partial charge in [0, 0.05) is 11.6 Å². The minimum absolute atomic E-state index is 0.208. The number of carbonyl (C=O) groups is 2. The lowest BCUT2D eigenvalue weighted by Gasteiger charge is -2.18. The van der Waals surface area contributed by atoms with Gasteiger partial charge in [-0.2, -0.15) is 0 Å². The first kappa shape index (κ1) is 15.0. The van der Waals surface area contributed by atoms with Crippen LogP contribution < -0.4 is 0 Å². The maximum atomic E-state index is 12.7. The van der Waals surface area contributed by atoms with Crippen LogP contribution in [0.25, 0.3) is 5.57 Å². The molecule has 22 heavy (non-hydrogen) atoms. The Morgan fingerprint density at radius 2 is 1.50 bits per heavy atom. The molecule has 0 spiro atoms. The number of hydrogen-bond donors (Lipinski definition) is 0. The molecule has 4 heteroatoms. The second-order valence-corrected chi connectivity index (χ2v) is 6.28. The molecule has 1 aromatic rings. The summed E-state index contributed by atoms with van der Waals surface area (Å²) in [7, 11) is 0. The Hall–Kier alpha value is -1.87. The Bertz CT molecular complexity index is 822. The largest absolute Gasteiger partial charge is 0.288 e. The van der Waals surface area contributed by atoms with Crippen LogP contribution in [0, 0.1) is 6.08 Å². The van der Waals surface area contributed by atoms with E-state index in [2.05, 4.69) is 37.9 Å². The summed E-state index contributed by atoms with van der Waals surface area (Å²) in [6.45, 7) is 0. The lowest BCUT2D eigenvalue weighted by molar-refractivity contribution is -0.114. The fourth-order valence-electron chi connectivity index (χ4n) is 2.32. The molecule has 2 nitrogen and oxygen atoms in total. The number of ketones is 2. The van der Waals surface area contributed by atoms with Gasteiger partial charge in [0.25, 0.3) is 0 Å². The molecule has 0 heterocycles. The van der Waals surface area contributed by atoms with Crippen LogP contribution in [-0.4, -0.2) is 11.6 Å². The summed E-state index contributed by atoms with van der Waals surface area (Å²) in [5.74, 6) is -0.419. The van der Waals surface area contributed by atoms with Gasteiger partial charge in [-0.1, -0.05) is 30.3 Å². The summed E-state index contributed by atoms with van der Waals surface area (Å²) in [6.07, 6.45) is 9.85. The van der Waals surface area contributed by atoms with Crippen molar-refractivity contribution in [1.82, 2.24) is 0 Å². The van der Waals surface area contributed by atoms with Gasteiger partial charge in [-0.15, -0.1) is 0 Å². The Labute approximate surface area is 144 Å². The molecule has 2 aliphatic rings. The third kappa shape index (κ3) is 2.50. The van der Waals surface area contributed by atoms with Gasteiger partial charge in [0.05, 0.1) is 32.3 Å². The van der Waals surface area contributed by atoms with E-state index in [1.807, 2.05) is 30.3 Å². The van der Waals surface area contributed by atoms with Crippen LogP contribution in [0.1, 0.15) is 5.56 Å². The summed E-state index contributed by atoms with van der Waals surface area (Å²) in [5.41, 5.74) is 2.15. The third-order valence-corrected chi connectivity index (χ3v) is 4.87. The molecule has 3 rings (SSSR count). The van der Waals surface area contributed by atoms with Gasteiger partial charge in [0.15, 0.2) is 0 Å². The van der Waals surface area contributed by atoms with E-state index in [4.69, 9.17) is 0 Å². The molecule has 0 N–H and O–H groups in total. The highest BCUT2D eigenvalue weighted by molar-refractivity contribution is 9.12. The van der Waals surface area contributed by atoms with Crippen molar-refractivity contribution >= 4 is 49.0 Å². The zero-order valence-corrected chi connectivity index (χ0v) is 14.4. The van der Waals surface area contributed by atoms with Gasteiger partial charge < -0.3 is 0 Å². The first-order valence-electron chi connectivity index (χ1n) is 6.52. The van der Waals surface area contributed by atoms with Gasteiger partial charge in [0.2, 0.25) is 11.6 Å². The molecule has 0 fully saturated rings. The summed E-state index contributed by atoms with van der Waals surface area (Å²) < 4.78 is 0.570. The second-order valence-electron chi connectivity index (χ2n) is 4.69. The first-order valence-corrected chi connectivity index (χ1v) is 8.10. The van der Waals surface area contributed by atoms with Crippen LogP contribution in [0.4, 0.5) is 0 Å². The van der Waals surface area contributed by atoms with E-state index in [0.717, 1.165) is 0 Å². The maximum Gasteiger partial charge on any atom is 0.205 e. The smallest absolute Gasteiger partial charge is 0.205 e. The number of Topliss-reactive ketones (excluding diaryl/α,β-unsaturated/α-hetero) is 2. The Kier molecular flexibility index (Phi) is 4.16. The third-order valence-electron chi connectivity index (χ3n) is 3.36. The molecule has 0 bridgehead atoms. The van der Waals surface area contributed by atoms with Crippen molar-refractivity contribution < 1.29 is 9.59 Å². The highest BCUT2D eigenvalue weighted by atomic mass is 79.9. The fraction of sp³-hybridized carbons (Fsp3) is 0. The number of allylic oxidation sites excluding steroid dienone is 10. The Morgan fingerprint density at radius 3 is 2.14 bits per heavy atom. The summed E-state index contributed by atoms with van der Waals surface area (Å²) in [5, 5.41) is 0. The number of benzene rings is 1. The summed E-state index contributed by atoms with van der Waals surface area (Å²) in [4.78, 5) is 25.4. The van der Waals surface area contributed by atoms with Crippen molar-refractivity contribution in [1.29, 1.82) is 0 Å². The minimum Gasteiger partial charge on any atom is -0.288 e. The molecule has 106 valence electrons. The first-order chi connectivity index (χ1) is 10.6. The second kappa shape index (κ2) is 6.09. The summed E-state index contributed by atoms with van der Waals surface area (Å²) in [6, 6.07) is 9.15. The molecule has 0 aliphatic heterocycles. The number of hydrogen-bond acceptors (Lipinski definition) is 2. The van der Waals surface area contributed by atoms with Crippen LogP contribution in [-0.2, 0) is 9.59 Å². The van der Waals surface area contributed by atoms with Gasteiger partial charge in [0.1, 0.15) is 12.2 Å². The van der Waals surface area contributed by atoms with E-state index in [-0.39, 0.29) is 20.5 Å². The Morgan fingerprint density at radius 1 is 0.864 bits per heavy atom. The van der Waals surface area contributed by atoms with Gasteiger partial charge in [-0.3, -0.25) is 9.59 Å². The molecule has 1 aromatic carbocycles. The lowest BCUT2D eigenvalue weighted by Crippen LogP contribution is -2.20. The molecule has 0 saturated carbocycles. The lowest BCUT2D eigenvalue weighted by atomic mass is 9.88. The van der Waals surface area contributed by atoms with Gasteiger partial charge in [-0.05, 0) is 37.4 Å². The SMILES string of the molecule is O=C1C(Br)=C(c2ccccc2)C(=O)C(Br)=C1C1=CC=[C+]C=C1. The summed E-state index contributed by atoms with van der Waals surface area (Å²) >= 11 is 6.62. The molecule has 0 saturated heterocycles. The highest BCUT2D eigenvalue weighted by Gasteiger charge is 2.35. The van der Waals surface area contributed by atoms with Gasteiger partial charge in [-0.25, -0.2) is 0 Å². The minimum atomic E-state index is -0.212. The van der Waals surface area contributed by atoms with Crippen LogP contribution in [0.5, 0.6) is 0 Å². The van der Waals surface area contributed by atoms with Crippen LogP contribution in [0.2, 0.25) is 0 Å². The molecule has 2 aliphatic carbocycles. The molecular formula is C18H9Br2O2+. The van der Waals surface area contributed by atoms with E-state index in [1.54, 1.807) is 24.3 Å². The average molecular weight is 417 g/mol. The zero-order valence-electron chi connectivity index (χ0n) is 11.3. The number of carbonyl (C=O) groups excluding carboxylic acids is 2. The highest BCUT2D eigenvalue weighted by Crippen LogP contribution is 2.39. The van der Waals surface area contributed by atoms with Crippen molar-refractivity contribution in [2.45, 2.75) is 0 Å². The molecule has 0 amide bonds. The molecular weight excluding hydrogens is 408 g/mol. The topological polar surface area (TPSA) is 34.1 Å². The van der Waals surface area contributed by atoms with Crippen molar-refractivity contribution in [3.63, 3.8) is 0 Å². The predicted octanol–water partition coefficient (Wildman–Crippen LogP) is 4.45. The van der Waals surface area contributed by atoms with E-state index in [0.29, 0.717) is 22.3 Å². The Balaban J connectivity index is 2.14.